The molecule has 0 aromatic carbocycles. The van der Waals surface area contributed by atoms with Gasteiger partial charge in [0, 0.05) is 0 Å². The standard InChI is InChI=1S/C8H14O/c1-4-7-8(5-2)9-6-3/h4-5,7H,6H2,1-3H3/b7-4+,8-5-. The number of allylic oxidation sites excluding steroid dienone is 3. The van der Waals surface area contributed by atoms with Crippen molar-refractivity contribution >= 4 is 0 Å². The van der Waals surface area contributed by atoms with Gasteiger partial charge in [0.05, 0.1) is 6.61 Å². The fraction of sp³-hybridized carbons (Fsp3) is 0.500. The lowest BCUT2D eigenvalue weighted by atomic mass is 10.4. The molecule has 0 rings (SSSR count). The number of rotatable bonds is 3. The average molecular weight is 126 g/mol. The van der Waals surface area contributed by atoms with Gasteiger partial charge < -0.3 is 4.74 Å². The molecule has 0 amide bonds. The van der Waals surface area contributed by atoms with Gasteiger partial charge in [0.2, 0.25) is 0 Å². The van der Waals surface area contributed by atoms with E-state index in [1.54, 1.807) is 0 Å². The van der Waals surface area contributed by atoms with Crippen LogP contribution in [-0.2, 0) is 4.74 Å². The molecule has 9 heavy (non-hydrogen) atoms. The highest BCUT2D eigenvalue weighted by Gasteiger charge is 1.83. The zero-order valence-electron chi connectivity index (χ0n) is 6.35. The van der Waals surface area contributed by atoms with Crippen LogP contribution in [0.15, 0.2) is 24.0 Å². The molecule has 0 unspecified atom stereocenters. The molecule has 0 heterocycles. The molecule has 0 aliphatic heterocycles. The van der Waals surface area contributed by atoms with Crippen molar-refractivity contribution < 1.29 is 4.74 Å². The summed E-state index contributed by atoms with van der Waals surface area (Å²) >= 11 is 0. The van der Waals surface area contributed by atoms with Crippen LogP contribution in [0.5, 0.6) is 0 Å². The van der Waals surface area contributed by atoms with Crippen LogP contribution >= 0.6 is 0 Å². The van der Waals surface area contributed by atoms with Crippen LogP contribution in [0.4, 0.5) is 0 Å². The van der Waals surface area contributed by atoms with Crippen molar-refractivity contribution in [3.8, 4) is 0 Å². The van der Waals surface area contributed by atoms with Gasteiger partial charge in [0.1, 0.15) is 5.76 Å². The van der Waals surface area contributed by atoms with Crippen molar-refractivity contribution in [1.82, 2.24) is 0 Å². The van der Waals surface area contributed by atoms with Crippen LogP contribution in [0.1, 0.15) is 20.8 Å². The van der Waals surface area contributed by atoms with Gasteiger partial charge in [-0.25, -0.2) is 0 Å². The van der Waals surface area contributed by atoms with Crippen molar-refractivity contribution in [3.63, 3.8) is 0 Å². The Bertz CT molecular complexity index is 112. The SMILES string of the molecule is C/C=C(/C=C/C)OCC. The maximum atomic E-state index is 5.21. The topological polar surface area (TPSA) is 9.23 Å². The largest absolute Gasteiger partial charge is 0.494 e. The summed E-state index contributed by atoms with van der Waals surface area (Å²) < 4.78 is 5.21. The van der Waals surface area contributed by atoms with Crippen molar-refractivity contribution in [2.45, 2.75) is 20.8 Å². The number of ether oxygens (including phenoxy) is 1. The molecule has 0 aromatic heterocycles. The molecule has 0 atom stereocenters. The van der Waals surface area contributed by atoms with Crippen molar-refractivity contribution in [2.24, 2.45) is 0 Å². The first-order valence-corrected chi connectivity index (χ1v) is 3.27. The molecule has 0 bridgehead atoms. The second-order valence-electron chi connectivity index (χ2n) is 1.62. The summed E-state index contributed by atoms with van der Waals surface area (Å²) in [7, 11) is 0. The Kier molecular flexibility index (Phi) is 4.98. The van der Waals surface area contributed by atoms with Crippen LogP contribution in [0.2, 0.25) is 0 Å². The smallest absolute Gasteiger partial charge is 0.114 e. The molecule has 1 nitrogen and oxygen atoms in total. The normalized spacial score (nSPS) is 12.6. The molecule has 52 valence electrons. The molecular formula is C8H14O. The van der Waals surface area contributed by atoms with E-state index in [0.717, 1.165) is 12.4 Å². The Morgan fingerprint density at radius 2 is 2.11 bits per heavy atom. The summed E-state index contributed by atoms with van der Waals surface area (Å²) in [6.45, 7) is 6.66. The van der Waals surface area contributed by atoms with Crippen LogP contribution in [0, 0.1) is 0 Å². The van der Waals surface area contributed by atoms with E-state index in [2.05, 4.69) is 0 Å². The van der Waals surface area contributed by atoms with E-state index in [9.17, 15) is 0 Å². The first-order chi connectivity index (χ1) is 4.35. The number of hydrogen-bond acceptors (Lipinski definition) is 1. The molecule has 0 fully saturated rings. The van der Waals surface area contributed by atoms with E-state index in [1.165, 1.54) is 0 Å². The van der Waals surface area contributed by atoms with Crippen LogP contribution in [0.3, 0.4) is 0 Å². The first kappa shape index (κ1) is 8.28. The van der Waals surface area contributed by atoms with E-state index in [-0.39, 0.29) is 0 Å². The molecule has 0 N–H and O–H groups in total. The summed E-state index contributed by atoms with van der Waals surface area (Å²) in [5.74, 6) is 0.944. The number of hydrogen-bond donors (Lipinski definition) is 0. The van der Waals surface area contributed by atoms with E-state index >= 15 is 0 Å². The Balaban J connectivity index is 3.70. The summed E-state index contributed by atoms with van der Waals surface area (Å²) in [5.41, 5.74) is 0. The summed E-state index contributed by atoms with van der Waals surface area (Å²) in [4.78, 5) is 0. The molecule has 0 saturated heterocycles. The van der Waals surface area contributed by atoms with E-state index in [0.29, 0.717) is 0 Å². The highest BCUT2D eigenvalue weighted by Crippen LogP contribution is 1.97. The molecular weight excluding hydrogens is 112 g/mol. The van der Waals surface area contributed by atoms with Crippen molar-refractivity contribution in [2.75, 3.05) is 6.61 Å². The van der Waals surface area contributed by atoms with Gasteiger partial charge in [-0.3, -0.25) is 0 Å². The monoisotopic (exact) mass is 126 g/mol. The summed E-state index contributed by atoms with van der Waals surface area (Å²) in [6, 6.07) is 0. The second-order valence-corrected chi connectivity index (χ2v) is 1.62. The van der Waals surface area contributed by atoms with Gasteiger partial charge in [-0.15, -0.1) is 0 Å². The fourth-order valence-electron chi connectivity index (χ4n) is 0.559. The van der Waals surface area contributed by atoms with Crippen LogP contribution < -0.4 is 0 Å². The third-order valence-corrected chi connectivity index (χ3v) is 0.926. The molecule has 0 radical (unpaired) electrons. The molecule has 0 aliphatic rings. The maximum absolute atomic E-state index is 5.21. The predicted molar refractivity (Wildman–Crippen MR) is 40.2 cm³/mol. The van der Waals surface area contributed by atoms with Gasteiger partial charge in [-0.2, -0.15) is 0 Å². The van der Waals surface area contributed by atoms with Gasteiger partial charge >= 0.3 is 0 Å². The highest BCUT2D eigenvalue weighted by atomic mass is 16.5. The van der Waals surface area contributed by atoms with Gasteiger partial charge in [-0.05, 0) is 32.9 Å². The first-order valence-electron chi connectivity index (χ1n) is 3.27. The lowest BCUT2D eigenvalue weighted by Gasteiger charge is -2.00. The third kappa shape index (κ3) is 3.83. The molecule has 0 spiro atoms. The van der Waals surface area contributed by atoms with Crippen molar-refractivity contribution in [3.05, 3.63) is 24.0 Å². The molecule has 0 aromatic rings. The average Bonchev–Trinajstić information content (AvgIpc) is 1.88. The minimum atomic E-state index is 0.740. The van der Waals surface area contributed by atoms with Crippen molar-refractivity contribution in [1.29, 1.82) is 0 Å². The minimum Gasteiger partial charge on any atom is -0.494 e. The zero-order valence-corrected chi connectivity index (χ0v) is 6.35. The summed E-state index contributed by atoms with van der Waals surface area (Å²) in [6.07, 6.45) is 5.86. The Morgan fingerprint density at radius 1 is 1.44 bits per heavy atom. The summed E-state index contributed by atoms with van der Waals surface area (Å²) in [5, 5.41) is 0. The molecule has 1 heteroatoms. The lowest BCUT2D eigenvalue weighted by Crippen LogP contribution is -1.86. The van der Waals surface area contributed by atoms with E-state index in [4.69, 9.17) is 4.74 Å². The third-order valence-electron chi connectivity index (χ3n) is 0.926. The fourth-order valence-corrected chi connectivity index (χ4v) is 0.559. The predicted octanol–water partition coefficient (Wildman–Crippen LogP) is 2.50. The van der Waals surface area contributed by atoms with Gasteiger partial charge in [0.25, 0.3) is 0 Å². The maximum Gasteiger partial charge on any atom is 0.114 e. The molecule has 0 saturated carbocycles. The lowest BCUT2D eigenvalue weighted by molar-refractivity contribution is 0.242. The van der Waals surface area contributed by atoms with E-state index < -0.39 is 0 Å². The van der Waals surface area contributed by atoms with Gasteiger partial charge in [-0.1, -0.05) is 6.08 Å². The van der Waals surface area contributed by atoms with Gasteiger partial charge in [0.15, 0.2) is 0 Å². The van der Waals surface area contributed by atoms with Crippen LogP contribution in [0.25, 0.3) is 0 Å². The quantitative estimate of drug-likeness (QED) is 0.417. The zero-order chi connectivity index (χ0) is 7.11. The van der Waals surface area contributed by atoms with Crippen LogP contribution in [-0.4, -0.2) is 6.61 Å². The highest BCUT2D eigenvalue weighted by molar-refractivity contribution is 5.09. The molecule has 0 aliphatic carbocycles. The Hall–Kier alpha value is -0.720. The Labute approximate surface area is 57.0 Å². The Morgan fingerprint density at radius 3 is 2.44 bits per heavy atom. The second kappa shape index (κ2) is 5.42. The van der Waals surface area contributed by atoms with E-state index in [1.807, 2.05) is 39.0 Å². The minimum absolute atomic E-state index is 0.740.